The van der Waals surface area contributed by atoms with Crippen LogP contribution in [0.5, 0.6) is 0 Å². The van der Waals surface area contributed by atoms with Gasteiger partial charge in [-0.3, -0.25) is 4.79 Å². The fraction of sp³-hybridized carbons (Fsp3) is 0.364. The van der Waals surface area contributed by atoms with Gasteiger partial charge >= 0.3 is 0 Å². The molecule has 2 nitrogen and oxygen atoms in total. The zero-order valence-corrected chi connectivity index (χ0v) is 8.25. The van der Waals surface area contributed by atoms with Crippen LogP contribution >= 0.6 is 0 Å². The summed E-state index contributed by atoms with van der Waals surface area (Å²) in [7, 11) is 0. The number of hydrogen-bond acceptors (Lipinski definition) is 2. The van der Waals surface area contributed by atoms with Crippen LogP contribution in [0.3, 0.4) is 0 Å². The van der Waals surface area contributed by atoms with Crippen molar-refractivity contribution in [3.63, 3.8) is 0 Å². The first-order chi connectivity index (χ1) is 6.60. The van der Waals surface area contributed by atoms with E-state index in [1.807, 2.05) is 0 Å². The maximum atomic E-state index is 13.2. The summed E-state index contributed by atoms with van der Waals surface area (Å²) >= 11 is 0. The van der Waals surface area contributed by atoms with Gasteiger partial charge in [-0.05, 0) is 30.2 Å². The number of carbonyl (C=O) groups excluding carboxylic acids is 1. The van der Waals surface area contributed by atoms with E-state index in [0.29, 0.717) is 23.0 Å². The Morgan fingerprint density at radius 1 is 1.57 bits per heavy atom. The van der Waals surface area contributed by atoms with E-state index < -0.39 is 0 Å². The summed E-state index contributed by atoms with van der Waals surface area (Å²) in [6, 6.07) is 2.82. The van der Waals surface area contributed by atoms with Crippen molar-refractivity contribution in [1.82, 2.24) is 0 Å². The molecular formula is C11H13FO2. The number of aldehydes is 1. The summed E-state index contributed by atoms with van der Waals surface area (Å²) in [4.78, 5) is 10.7. The Bertz CT molecular complexity index is 347. The van der Waals surface area contributed by atoms with Crippen molar-refractivity contribution in [3.8, 4) is 0 Å². The van der Waals surface area contributed by atoms with Gasteiger partial charge in [0.1, 0.15) is 12.1 Å². The van der Waals surface area contributed by atoms with Crippen molar-refractivity contribution in [2.75, 3.05) is 6.61 Å². The molecule has 0 aliphatic rings. The van der Waals surface area contributed by atoms with Crippen LogP contribution < -0.4 is 0 Å². The monoisotopic (exact) mass is 196 g/mol. The molecular weight excluding hydrogens is 183 g/mol. The van der Waals surface area contributed by atoms with E-state index in [0.717, 1.165) is 0 Å². The zero-order valence-electron chi connectivity index (χ0n) is 8.25. The highest BCUT2D eigenvalue weighted by Gasteiger charge is 2.12. The maximum Gasteiger partial charge on any atom is 0.150 e. The van der Waals surface area contributed by atoms with Crippen LogP contribution in [0.25, 0.3) is 0 Å². The molecule has 0 amide bonds. The van der Waals surface area contributed by atoms with Crippen LogP contribution in [0.15, 0.2) is 12.1 Å². The zero-order chi connectivity index (χ0) is 10.7. The molecule has 0 bridgehead atoms. The molecule has 76 valence electrons. The highest BCUT2D eigenvalue weighted by Crippen LogP contribution is 2.21. The van der Waals surface area contributed by atoms with E-state index in [4.69, 9.17) is 5.11 Å². The van der Waals surface area contributed by atoms with Crippen molar-refractivity contribution in [1.29, 1.82) is 0 Å². The highest BCUT2D eigenvalue weighted by atomic mass is 19.1. The number of hydrogen-bond donors (Lipinski definition) is 1. The minimum Gasteiger partial charge on any atom is -0.396 e. The van der Waals surface area contributed by atoms with Crippen molar-refractivity contribution in [2.45, 2.75) is 19.8 Å². The first-order valence-electron chi connectivity index (χ1n) is 4.46. The van der Waals surface area contributed by atoms with Crippen molar-refractivity contribution >= 4 is 6.29 Å². The number of aryl methyl sites for hydroxylation is 1. The van der Waals surface area contributed by atoms with Crippen LogP contribution in [0.1, 0.15) is 34.3 Å². The van der Waals surface area contributed by atoms with E-state index in [9.17, 15) is 9.18 Å². The molecule has 0 saturated heterocycles. The predicted molar refractivity (Wildman–Crippen MR) is 52.0 cm³/mol. The number of carbonyl (C=O) groups is 1. The van der Waals surface area contributed by atoms with Gasteiger partial charge in [0.15, 0.2) is 0 Å². The Kier molecular flexibility index (Phi) is 3.36. The molecule has 0 aliphatic carbocycles. The number of aliphatic hydroxyl groups excluding tert-OH is 1. The quantitative estimate of drug-likeness (QED) is 0.751. The molecule has 14 heavy (non-hydrogen) atoms. The second kappa shape index (κ2) is 4.33. The fourth-order valence-corrected chi connectivity index (χ4v) is 1.35. The number of aliphatic hydroxyl groups is 1. The third kappa shape index (κ3) is 1.99. The molecule has 0 saturated carbocycles. The lowest BCUT2D eigenvalue weighted by atomic mass is 9.95. The Morgan fingerprint density at radius 3 is 2.71 bits per heavy atom. The van der Waals surface area contributed by atoms with Gasteiger partial charge in [-0.1, -0.05) is 6.92 Å². The van der Waals surface area contributed by atoms with Crippen LogP contribution in [0.2, 0.25) is 0 Å². The van der Waals surface area contributed by atoms with Gasteiger partial charge in [0.25, 0.3) is 0 Å². The van der Waals surface area contributed by atoms with Gasteiger partial charge < -0.3 is 5.11 Å². The van der Waals surface area contributed by atoms with E-state index >= 15 is 0 Å². The topological polar surface area (TPSA) is 37.3 Å². The molecule has 1 aromatic carbocycles. The molecule has 0 radical (unpaired) electrons. The molecule has 3 heteroatoms. The van der Waals surface area contributed by atoms with E-state index in [1.54, 1.807) is 13.8 Å². The predicted octanol–water partition coefficient (Wildman–Crippen LogP) is 2.04. The fourth-order valence-electron chi connectivity index (χ4n) is 1.35. The second-order valence-electron chi connectivity index (χ2n) is 3.43. The van der Waals surface area contributed by atoms with Gasteiger partial charge in [0.05, 0.1) is 0 Å². The lowest BCUT2D eigenvalue weighted by molar-refractivity contribution is 0.112. The molecule has 1 aromatic rings. The van der Waals surface area contributed by atoms with Crippen LogP contribution in [-0.2, 0) is 0 Å². The SMILES string of the molecule is Cc1cc(C=O)c(C(C)CO)cc1F. The Morgan fingerprint density at radius 2 is 2.21 bits per heavy atom. The Balaban J connectivity index is 3.26. The number of benzene rings is 1. The van der Waals surface area contributed by atoms with E-state index in [1.165, 1.54) is 12.1 Å². The summed E-state index contributed by atoms with van der Waals surface area (Å²) in [5.74, 6) is -0.559. The van der Waals surface area contributed by atoms with Crippen molar-refractivity contribution < 1.29 is 14.3 Å². The summed E-state index contributed by atoms with van der Waals surface area (Å²) in [5.41, 5.74) is 1.46. The molecule has 1 unspecified atom stereocenters. The Labute approximate surface area is 82.4 Å². The van der Waals surface area contributed by atoms with Gasteiger partial charge in [-0.15, -0.1) is 0 Å². The summed E-state index contributed by atoms with van der Waals surface area (Å²) in [6.07, 6.45) is 0.688. The highest BCUT2D eigenvalue weighted by molar-refractivity contribution is 5.78. The molecule has 0 aromatic heterocycles. The molecule has 1 N–H and O–H groups in total. The molecule has 1 rings (SSSR count). The van der Waals surface area contributed by atoms with Gasteiger partial charge in [-0.25, -0.2) is 4.39 Å². The largest absolute Gasteiger partial charge is 0.396 e. The third-order valence-electron chi connectivity index (χ3n) is 2.30. The van der Waals surface area contributed by atoms with Crippen molar-refractivity contribution in [2.24, 2.45) is 0 Å². The smallest absolute Gasteiger partial charge is 0.150 e. The minimum atomic E-state index is -0.342. The van der Waals surface area contributed by atoms with Crippen LogP contribution in [0.4, 0.5) is 4.39 Å². The summed E-state index contributed by atoms with van der Waals surface area (Å²) < 4.78 is 13.2. The lowest BCUT2D eigenvalue weighted by Crippen LogP contribution is -2.04. The van der Waals surface area contributed by atoms with Gasteiger partial charge in [-0.2, -0.15) is 0 Å². The van der Waals surface area contributed by atoms with E-state index in [-0.39, 0.29) is 18.3 Å². The first kappa shape index (κ1) is 10.9. The molecule has 0 aliphatic heterocycles. The number of rotatable bonds is 3. The standard InChI is InChI=1S/C11H13FO2/c1-7-3-9(6-14)10(4-11(7)12)8(2)5-13/h3-4,6,8,13H,5H2,1-2H3. The normalized spacial score (nSPS) is 12.6. The van der Waals surface area contributed by atoms with Crippen LogP contribution in [0, 0.1) is 12.7 Å². The summed E-state index contributed by atoms with van der Waals surface area (Å²) in [6.45, 7) is 3.26. The Hall–Kier alpha value is -1.22. The second-order valence-corrected chi connectivity index (χ2v) is 3.43. The average Bonchev–Trinajstić information content (AvgIpc) is 2.20. The third-order valence-corrected chi connectivity index (χ3v) is 2.30. The molecule has 0 heterocycles. The van der Waals surface area contributed by atoms with Crippen molar-refractivity contribution in [3.05, 3.63) is 34.6 Å². The molecule has 1 atom stereocenters. The first-order valence-corrected chi connectivity index (χ1v) is 4.46. The molecule has 0 fully saturated rings. The minimum absolute atomic E-state index is 0.0939. The molecule has 0 spiro atoms. The summed E-state index contributed by atoms with van der Waals surface area (Å²) in [5, 5.41) is 8.93. The number of halogens is 1. The van der Waals surface area contributed by atoms with Crippen LogP contribution in [-0.4, -0.2) is 18.0 Å². The maximum absolute atomic E-state index is 13.2. The van der Waals surface area contributed by atoms with E-state index in [2.05, 4.69) is 0 Å². The van der Waals surface area contributed by atoms with Gasteiger partial charge in [0.2, 0.25) is 0 Å². The average molecular weight is 196 g/mol. The van der Waals surface area contributed by atoms with Gasteiger partial charge in [0, 0.05) is 18.1 Å². The lowest BCUT2D eigenvalue weighted by Gasteiger charge is -2.12.